The summed E-state index contributed by atoms with van der Waals surface area (Å²) in [6.07, 6.45) is 5.18. The van der Waals surface area contributed by atoms with Crippen LogP contribution >= 0.6 is 0 Å². The molecule has 0 radical (unpaired) electrons. The number of amides is 1. The van der Waals surface area contributed by atoms with E-state index in [-0.39, 0.29) is 5.91 Å². The molecule has 2 atom stereocenters. The van der Waals surface area contributed by atoms with Gasteiger partial charge in [-0.1, -0.05) is 0 Å². The van der Waals surface area contributed by atoms with Crippen LogP contribution in [0.5, 0.6) is 0 Å². The topological polar surface area (TPSA) is 101 Å². The van der Waals surface area contributed by atoms with E-state index < -0.39 is 12.2 Å². The van der Waals surface area contributed by atoms with Gasteiger partial charge in [0.25, 0.3) is 5.91 Å². The van der Waals surface area contributed by atoms with Crippen LogP contribution in [0.3, 0.4) is 0 Å². The maximum Gasteiger partial charge on any atom is 0.257 e. The second kappa shape index (κ2) is 6.97. The Morgan fingerprint density at radius 1 is 1.20 bits per heavy atom. The Morgan fingerprint density at radius 2 is 2.07 bits per heavy atom. The number of nitrogens with one attached hydrogen (secondary N) is 3. The minimum Gasteiger partial charge on any atom is -0.385 e. The Hall–Kier alpha value is -3.69. The van der Waals surface area contributed by atoms with Crippen molar-refractivity contribution in [1.82, 2.24) is 29.3 Å². The van der Waals surface area contributed by atoms with Crippen LogP contribution in [-0.2, 0) is 0 Å². The third-order valence-electron chi connectivity index (χ3n) is 5.56. The predicted octanol–water partition coefficient (Wildman–Crippen LogP) is 2.36. The van der Waals surface area contributed by atoms with Gasteiger partial charge in [0.2, 0.25) is 0 Å². The van der Waals surface area contributed by atoms with Crippen LogP contribution < -0.4 is 16.0 Å². The van der Waals surface area contributed by atoms with Crippen molar-refractivity contribution >= 4 is 28.7 Å². The molecule has 4 heterocycles. The highest BCUT2D eigenvalue weighted by Gasteiger charge is 2.33. The highest BCUT2D eigenvalue weighted by molar-refractivity contribution is 6.00. The Labute approximate surface area is 171 Å². The van der Waals surface area contributed by atoms with Crippen LogP contribution in [0.4, 0.5) is 15.9 Å². The first-order valence-electron chi connectivity index (χ1n) is 9.76. The van der Waals surface area contributed by atoms with Gasteiger partial charge in [0.15, 0.2) is 11.3 Å². The molecule has 30 heavy (non-hydrogen) atoms. The molecular formula is C20H21FN8O. The number of fused-ring (bicyclic) bond motifs is 2. The number of anilines is 2. The van der Waals surface area contributed by atoms with Gasteiger partial charge in [-0.3, -0.25) is 9.20 Å². The van der Waals surface area contributed by atoms with E-state index in [1.165, 1.54) is 6.20 Å². The predicted molar refractivity (Wildman–Crippen MR) is 112 cm³/mol. The molecule has 4 aromatic rings. The molecule has 0 aliphatic heterocycles. The molecule has 0 unspecified atom stereocenters. The van der Waals surface area contributed by atoms with Crippen molar-refractivity contribution in [2.24, 2.45) is 0 Å². The summed E-state index contributed by atoms with van der Waals surface area (Å²) in [5.41, 5.74) is 3.84. The van der Waals surface area contributed by atoms with E-state index in [4.69, 9.17) is 4.98 Å². The lowest BCUT2D eigenvalue weighted by atomic mass is 9.90. The van der Waals surface area contributed by atoms with Crippen LogP contribution in [0.25, 0.3) is 22.7 Å². The van der Waals surface area contributed by atoms with Gasteiger partial charge in [-0.15, -0.1) is 0 Å². The number of carbonyl (C=O) groups excluding carboxylic acids is 1. The smallest absolute Gasteiger partial charge is 0.257 e. The second-order valence-electron chi connectivity index (χ2n) is 7.25. The van der Waals surface area contributed by atoms with Crippen LogP contribution in [-0.4, -0.2) is 56.2 Å². The standard InChI is InChI=1S/C20H21FN8O/c1-22-14-5-6-16(28-8-7-24-19(14)28)15-9-17(23-2)29-18(26-15)11(10-25-29)20(30)27-13-4-3-12(13)21/h5-10,12-13,22-23H,3-4H2,1-2H3,(H,27,30)/t12-,13-/m1/s1. The molecular weight excluding hydrogens is 387 g/mol. The van der Waals surface area contributed by atoms with Gasteiger partial charge in [-0.2, -0.15) is 9.61 Å². The lowest BCUT2D eigenvalue weighted by Gasteiger charge is -2.30. The highest BCUT2D eigenvalue weighted by Crippen LogP contribution is 2.28. The van der Waals surface area contributed by atoms with Gasteiger partial charge >= 0.3 is 0 Å². The quantitative estimate of drug-likeness (QED) is 0.469. The van der Waals surface area contributed by atoms with Crippen molar-refractivity contribution in [1.29, 1.82) is 0 Å². The molecule has 10 heteroatoms. The number of nitrogens with zero attached hydrogens (tertiary/aromatic N) is 5. The van der Waals surface area contributed by atoms with Gasteiger partial charge in [0.1, 0.15) is 17.6 Å². The molecule has 154 valence electrons. The number of pyridine rings is 1. The Bertz CT molecular complexity index is 1260. The molecule has 1 saturated carbocycles. The molecule has 3 N–H and O–H groups in total. The fraction of sp³-hybridized carbons (Fsp3) is 0.300. The zero-order chi connectivity index (χ0) is 20.8. The molecule has 1 aliphatic carbocycles. The average molecular weight is 408 g/mol. The summed E-state index contributed by atoms with van der Waals surface area (Å²) in [6.45, 7) is 0. The normalized spacial score (nSPS) is 18.4. The van der Waals surface area contributed by atoms with Gasteiger partial charge < -0.3 is 16.0 Å². The van der Waals surface area contributed by atoms with Crippen LogP contribution in [0, 0.1) is 0 Å². The van der Waals surface area contributed by atoms with Crippen molar-refractivity contribution in [3.8, 4) is 11.4 Å². The fourth-order valence-corrected chi connectivity index (χ4v) is 3.72. The van der Waals surface area contributed by atoms with E-state index in [0.717, 1.165) is 17.0 Å². The van der Waals surface area contributed by atoms with E-state index >= 15 is 0 Å². The summed E-state index contributed by atoms with van der Waals surface area (Å²) < 4.78 is 17.1. The van der Waals surface area contributed by atoms with Crippen LogP contribution in [0.1, 0.15) is 23.2 Å². The Balaban J connectivity index is 1.63. The van der Waals surface area contributed by atoms with Gasteiger partial charge in [0.05, 0.1) is 29.3 Å². The third kappa shape index (κ3) is 2.75. The lowest BCUT2D eigenvalue weighted by Crippen LogP contribution is -2.48. The first-order valence-corrected chi connectivity index (χ1v) is 9.76. The molecule has 1 amide bonds. The second-order valence-corrected chi connectivity index (χ2v) is 7.25. The summed E-state index contributed by atoms with van der Waals surface area (Å²) in [4.78, 5) is 21.9. The molecule has 0 aromatic carbocycles. The van der Waals surface area contributed by atoms with Crippen molar-refractivity contribution in [3.05, 3.63) is 42.4 Å². The number of halogens is 1. The number of hydrogen-bond acceptors (Lipinski definition) is 6. The SMILES string of the molecule is CNc1ccc(-c2cc(NC)n3ncc(C(=O)N[C@@H]4CC[C@H]4F)c3n2)n2ccnc12. The Kier molecular flexibility index (Phi) is 4.27. The molecule has 1 fully saturated rings. The van der Waals surface area contributed by atoms with Crippen molar-refractivity contribution in [2.75, 3.05) is 24.7 Å². The van der Waals surface area contributed by atoms with Gasteiger partial charge in [-0.25, -0.2) is 14.4 Å². The summed E-state index contributed by atoms with van der Waals surface area (Å²) >= 11 is 0. The zero-order valence-electron chi connectivity index (χ0n) is 16.6. The molecule has 5 rings (SSSR count). The molecule has 0 spiro atoms. The number of alkyl halides is 1. The minimum atomic E-state index is -0.993. The van der Waals surface area contributed by atoms with Crippen LogP contribution in [0.2, 0.25) is 0 Å². The van der Waals surface area contributed by atoms with E-state index in [9.17, 15) is 9.18 Å². The van der Waals surface area contributed by atoms with E-state index in [2.05, 4.69) is 26.0 Å². The lowest BCUT2D eigenvalue weighted by molar-refractivity contribution is 0.0826. The van der Waals surface area contributed by atoms with Crippen molar-refractivity contribution in [3.63, 3.8) is 0 Å². The van der Waals surface area contributed by atoms with Gasteiger partial charge in [0, 0.05) is 32.6 Å². The summed E-state index contributed by atoms with van der Waals surface area (Å²) in [5.74, 6) is 0.300. The van der Waals surface area contributed by atoms with Crippen molar-refractivity contribution < 1.29 is 9.18 Å². The number of aromatic nitrogens is 5. The first-order chi connectivity index (χ1) is 14.6. The monoisotopic (exact) mass is 408 g/mol. The third-order valence-corrected chi connectivity index (χ3v) is 5.56. The van der Waals surface area contributed by atoms with Crippen LogP contribution in [0.15, 0.2) is 36.8 Å². The maximum absolute atomic E-state index is 13.6. The molecule has 9 nitrogen and oxygen atoms in total. The summed E-state index contributed by atoms with van der Waals surface area (Å²) in [6, 6.07) is 5.29. The largest absolute Gasteiger partial charge is 0.385 e. The summed E-state index contributed by atoms with van der Waals surface area (Å²) in [5, 5.41) is 13.3. The Morgan fingerprint density at radius 3 is 2.77 bits per heavy atom. The van der Waals surface area contributed by atoms with E-state index in [1.54, 1.807) is 17.8 Å². The maximum atomic E-state index is 13.6. The number of rotatable bonds is 5. The minimum absolute atomic E-state index is 0.307. The average Bonchev–Trinajstić information content (AvgIpc) is 3.42. The number of imidazole rings is 1. The number of hydrogen-bond donors (Lipinski definition) is 3. The fourth-order valence-electron chi connectivity index (χ4n) is 3.72. The first kappa shape index (κ1) is 18.3. The molecule has 4 aromatic heterocycles. The van der Waals surface area contributed by atoms with Gasteiger partial charge in [-0.05, 0) is 25.0 Å². The molecule has 0 saturated heterocycles. The van der Waals surface area contributed by atoms with E-state index in [0.29, 0.717) is 35.6 Å². The summed E-state index contributed by atoms with van der Waals surface area (Å²) in [7, 11) is 3.62. The highest BCUT2D eigenvalue weighted by atomic mass is 19.1. The zero-order valence-corrected chi connectivity index (χ0v) is 16.6. The molecule has 1 aliphatic rings. The van der Waals surface area contributed by atoms with Crippen molar-refractivity contribution in [2.45, 2.75) is 25.1 Å². The van der Waals surface area contributed by atoms with E-state index in [1.807, 2.05) is 35.8 Å². The molecule has 0 bridgehead atoms. The number of carbonyl (C=O) groups is 1.